The summed E-state index contributed by atoms with van der Waals surface area (Å²) >= 11 is 0. The summed E-state index contributed by atoms with van der Waals surface area (Å²) in [6.07, 6.45) is 5.57. The van der Waals surface area contributed by atoms with Crippen LogP contribution in [0, 0.1) is 0 Å². The van der Waals surface area contributed by atoms with E-state index in [2.05, 4.69) is 15.6 Å². The summed E-state index contributed by atoms with van der Waals surface area (Å²) < 4.78 is 1.80. The van der Waals surface area contributed by atoms with E-state index < -0.39 is 0 Å². The molecule has 1 aromatic heterocycles. The molecule has 1 aliphatic heterocycles. The van der Waals surface area contributed by atoms with Crippen molar-refractivity contribution in [2.45, 2.75) is 18.9 Å². The second-order valence-electron chi connectivity index (χ2n) is 4.99. The Hall–Kier alpha value is -2.14. The lowest BCUT2D eigenvalue weighted by Crippen LogP contribution is -2.37. The molecule has 0 aliphatic carbocycles. The van der Waals surface area contributed by atoms with Crippen LogP contribution in [0.5, 0.6) is 0 Å². The van der Waals surface area contributed by atoms with Crippen LogP contribution in [-0.2, 0) is 0 Å². The number of nitrogens with zero attached hydrogens (tertiary/aromatic N) is 2. The molecule has 104 valence electrons. The number of hydrogen-bond acceptors (Lipinski definition) is 3. The number of aromatic nitrogens is 2. The van der Waals surface area contributed by atoms with Gasteiger partial charge in [-0.1, -0.05) is 18.2 Å². The van der Waals surface area contributed by atoms with Crippen molar-refractivity contribution >= 4 is 5.91 Å². The van der Waals surface area contributed by atoms with Crippen molar-refractivity contribution in [1.82, 2.24) is 20.2 Å². The van der Waals surface area contributed by atoms with Gasteiger partial charge in [-0.15, -0.1) is 0 Å². The number of carbonyl (C=O) groups excluding carboxylic acids is 1. The number of rotatable bonds is 4. The van der Waals surface area contributed by atoms with Gasteiger partial charge in [-0.2, -0.15) is 0 Å². The normalized spacial score (nSPS) is 18.1. The molecule has 3 rings (SSSR count). The predicted octanol–water partition coefficient (Wildman–Crippen LogP) is 1.35. The topological polar surface area (TPSA) is 59.0 Å². The Kier molecular flexibility index (Phi) is 3.78. The van der Waals surface area contributed by atoms with Crippen LogP contribution in [0.25, 0.3) is 5.69 Å². The molecule has 1 aromatic carbocycles. The van der Waals surface area contributed by atoms with Crippen LogP contribution < -0.4 is 10.6 Å². The van der Waals surface area contributed by atoms with Gasteiger partial charge in [-0.3, -0.25) is 9.36 Å². The fourth-order valence-electron chi connectivity index (χ4n) is 2.49. The second-order valence-corrected chi connectivity index (χ2v) is 4.99. The molecule has 0 radical (unpaired) electrons. The van der Waals surface area contributed by atoms with Gasteiger partial charge in [0, 0.05) is 18.3 Å². The van der Waals surface area contributed by atoms with E-state index in [1.807, 2.05) is 30.3 Å². The third kappa shape index (κ3) is 2.72. The van der Waals surface area contributed by atoms with Crippen molar-refractivity contribution in [3.8, 4) is 5.69 Å². The molecule has 20 heavy (non-hydrogen) atoms. The minimum absolute atomic E-state index is 0.0833. The maximum absolute atomic E-state index is 12.3. The van der Waals surface area contributed by atoms with Gasteiger partial charge in [-0.05, 0) is 31.5 Å². The van der Waals surface area contributed by atoms with E-state index in [0.717, 1.165) is 18.7 Å². The molecule has 5 nitrogen and oxygen atoms in total. The van der Waals surface area contributed by atoms with E-state index in [1.165, 1.54) is 6.42 Å². The lowest BCUT2D eigenvalue weighted by atomic mass is 10.2. The van der Waals surface area contributed by atoms with Gasteiger partial charge >= 0.3 is 0 Å². The van der Waals surface area contributed by atoms with Gasteiger partial charge in [0.2, 0.25) is 0 Å². The number of nitrogens with one attached hydrogen (secondary N) is 2. The zero-order valence-electron chi connectivity index (χ0n) is 11.2. The summed E-state index contributed by atoms with van der Waals surface area (Å²) in [6, 6.07) is 10.1. The van der Waals surface area contributed by atoms with Gasteiger partial charge in [0.1, 0.15) is 5.69 Å². The first-order valence-electron chi connectivity index (χ1n) is 6.94. The maximum Gasteiger partial charge on any atom is 0.269 e. The Bertz CT molecular complexity index is 573. The van der Waals surface area contributed by atoms with Crippen LogP contribution in [0.15, 0.2) is 42.9 Å². The van der Waals surface area contributed by atoms with E-state index >= 15 is 0 Å². The number of imidazole rings is 1. The quantitative estimate of drug-likeness (QED) is 0.882. The van der Waals surface area contributed by atoms with E-state index in [-0.39, 0.29) is 5.91 Å². The largest absolute Gasteiger partial charge is 0.349 e. The lowest BCUT2D eigenvalue weighted by Gasteiger charge is -2.12. The zero-order chi connectivity index (χ0) is 13.8. The maximum atomic E-state index is 12.3. The molecular weight excluding hydrogens is 252 g/mol. The summed E-state index contributed by atoms with van der Waals surface area (Å²) in [7, 11) is 0. The first-order valence-corrected chi connectivity index (χ1v) is 6.94. The Labute approximate surface area is 118 Å². The van der Waals surface area contributed by atoms with Crippen LogP contribution in [-0.4, -0.2) is 34.6 Å². The van der Waals surface area contributed by atoms with Crippen LogP contribution in [0.4, 0.5) is 0 Å². The molecule has 0 saturated carbocycles. The van der Waals surface area contributed by atoms with Crippen molar-refractivity contribution in [2.75, 3.05) is 13.1 Å². The van der Waals surface area contributed by atoms with E-state index in [0.29, 0.717) is 18.3 Å². The van der Waals surface area contributed by atoms with E-state index in [1.54, 1.807) is 17.1 Å². The Morgan fingerprint density at radius 2 is 2.25 bits per heavy atom. The molecule has 1 unspecified atom stereocenters. The van der Waals surface area contributed by atoms with Crippen LogP contribution >= 0.6 is 0 Å². The zero-order valence-corrected chi connectivity index (χ0v) is 11.2. The highest BCUT2D eigenvalue weighted by molar-refractivity contribution is 5.93. The minimum Gasteiger partial charge on any atom is -0.349 e. The SMILES string of the molecule is O=C(NCC1CCCN1)c1cncn1-c1ccccc1. The summed E-state index contributed by atoms with van der Waals surface area (Å²) in [5, 5.41) is 6.34. The predicted molar refractivity (Wildman–Crippen MR) is 76.9 cm³/mol. The molecule has 2 aromatic rings. The number of benzene rings is 1. The molecule has 0 bridgehead atoms. The Balaban J connectivity index is 1.70. The molecular formula is C15H18N4O. The van der Waals surface area contributed by atoms with Crippen molar-refractivity contribution in [3.63, 3.8) is 0 Å². The molecule has 0 spiro atoms. The smallest absolute Gasteiger partial charge is 0.269 e. The molecule has 2 N–H and O–H groups in total. The average Bonchev–Trinajstić information content (AvgIpc) is 3.17. The molecule has 1 atom stereocenters. The van der Waals surface area contributed by atoms with Gasteiger partial charge in [0.15, 0.2) is 0 Å². The third-order valence-corrected chi connectivity index (χ3v) is 3.58. The molecule has 1 amide bonds. The monoisotopic (exact) mass is 270 g/mol. The molecule has 1 saturated heterocycles. The van der Waals surface area contributed by atoms with Crippen molar-refractivity contribution in [3.05, 3.63) is 48.5 Å². The highest BCUT2D eigenvalue weighted by Crippen LogP contribution is 2.11. The van der Waals surface area contributed by atoms with Crippen LogP contribution in [0.3, 0.4) is 0 Å². The first-order chi connectivity index (χ1) is 9.84. The van der Waals surface area contributed by atoms with E-state index in [9.17, 15) is 4.79 Å². The van der Waals surface area contributed by atoms with Crippen LogP contribution in [0.2, 0.25) is 0 Å². The average molecular weight is 270 g/mol. The number of carbonyl (C=O) groups is 1. The Morgan fingerprint density at radius 3 is 3.00 bits per heavy atom. The highest BCUT2D eigenvalue weighted by atomic mass is 16.2. The molecule has 2 heterocycles. The van der Waals surface area contributed by atoms with E-state index in [4.69, 9.17) is 0 Å². The summed E-state index contributed by atoms with van der Waals surface area (Å²) in [6.45, 7) is 1.71. The molecule has 1 aliphatic rings. The van der Waals surface area contributed by atoms with Crippen molar-refractivity contribution in [1.29, 1.82) is 0 Å². The van der Waals surface area contributed by atoms with Gasteiger partial charge < -0.3 is 10.6 Å². The van der Waals surface area contributed by atoms with Gasteiger partial charge in [0.25, 0.3) is 5.91 Å². The number of amides is 1. The van der Waals surface area contributed by atoms with Crippen molar-refractivity contribution in [2.24, 2.45) is 0 Å². The standard InChI is InChI=1S/C15H18N4O/c20-15(18-9-12-5-4-8-17-12)14-10-16-11-19(14)13-6-2-1-3-7-13/h1-3,6-7,10-12,17H,4-5,8-9H2,(H,18,20). The fraction of sp³-hybridized carbons (Fsp3) is 0.333. The fourth-order valence-corrected chi connectivity index (χ4v) is 2.49. The summed E-state index contributed by atoms with van der Waals surface area (Å²) in [4.78, 5) is 16.3. The Morgan fingerprint density at radius 1 is 1.40 bits per heavy atom. The summed E-state index contributed by atoms with van der Waals surface area (Å²) in [5.74, 6) is -0.0833. The van der Waals surface area contributed by atoms with Crippen molar-refractivity contribution < 1.29 is 4.79 Å². The highest BCUT2D eigenvalue weighted by Gasteiger charge is 2.17. The molecule has 5 heteroatoms. The first kappa shape index (κ1) is 12.9. The third-order valence-electron chi connectivity index (χ3n) is 3.58. The number of para-hydroxylation sites is 1. The van der Waals surface area contributed by atoms with Crippen LogP contribution in [0.1, 0.15) is 23.3 Å². The summed E-state index contributed by atoms with van der Waals surface area (Å²) in [5.41, 5.74) is 1.50. The lowest BCUT2D eigenvalue weighted by molar-refractivity contribution is 0.0943. The second kappa shape index (κ2) is 5.88. The van der Waals surface area contributed by atoms with Gasteiger partial charge in [0.05, 0.1) is 12.5 Å². The molecule has 1 fully saturated rings. The van der Waals surface area contributed by atoms with Gasteiger partial charge in [-0.25, -0.2) is 4.98 Å². The number of hydrogen-bond donors (Lipinski definition) is 2. The minimum atomic E-state index is -0.0833.